The maximum atomic E-state index is 12.1. The number of nitro groups is 1. The van der Waals surface area contributed by atoms with Crippen molar-refractivity contribution in [3.05, 3.63) is 38.9 Å². The molecule has 1 aromatic carbocycles. The summed E-state index contributed by atoms with van der Waals surface area (Å²) in [6, 6.07) is 4.63. The molecule has 0 spiro atoms. The average Bonchev–Trinajstić information content (AvgIpc) is 2.45. The molecule has 0 aromatic heterocycles. The molecule has 1 heterocycles. The van der Waals surface area contributed by atoms with E-state index in [1.807, 2.05) is 20.8 Å². The fourth-order valence-electron chi connectivity index (χ4n) is 2.72. The third-order valence-electron chi connectivity index (χ3n) is 3.77. The van der Waals surface area contributed by atoms with Crippen LogP contribution in [0.5, 0.6) is 0 Å². The van der Waals surface area contributed by atoms with Crippen molar-refractivity contribution in [2.24, 2.45) is 0 Å². The van der Waals surface area contributed by atoms with E-state index >= 15 is 0 Å². The zero-order valence-electron chi connectivity index (χ0n) is 13.5. The van der Waals surface area contributed by atoms with Crippen molar-refractivity contribution in [1.82, 2.24) is 4.90 Å². The molecule has 1 aromatic rings. The fourth-order valence-corrected chi connectivity index (χ4v) is 2.90. The van der Waals surface area contributed by atoms with Gasteiger partial charge in [0, 0.05) is 29.7 Å². The van der Waals surface area contributed by atoms with Crippen LogP contribution in [0.1, 0.15) is 45.1 Å². The van der Waals surface area contributed by atoms with E-state index in [1.165, 1.54) is 12.1 Å². The molecule has 0 saturated carbocycles. The van der Waals surface area contributed by atoms with Crippen molar-refractivity contribution in [3.63, 3.8) is 0 Å². The lowest BCUT2D eigenvalue weighted by molar-refractivity contribution is -0.385. The summed E-state index contributed by atoms with van der Waals surface area (Å²) in [5.41, 5.74) is 0.205. The molecule has 126 valence electrons. The highest BCUT2D eigenvalue weighted by atomic mass is 35.5. The molecular weight excluding hydrogens is 320 g/mol. The van der Waals surface area contributed by atoms with E-state index in [1.54, 1.807) is 11.0 Å². The maximum absolute atomic E-state index is 12.1. The number of halogens is 1. The fraction of sp³-hybridized carbons (Fsp3) is 0.562. The molecule has 6 nitrogen and oxygen atoms in total. The maximum Gasteiger partial charge on any atom is 0.410 e. The van der Waals surface area contributed by atoms with E-state index in [-0.39, 0.29) is 22.6 Å². The monoisotopic (exact) mass is 340 g/mol. The Kier molecular flexibility index (Phi) is 5.14. The van der Waals surface area contributed by atoms with Crippen molar-refractivity contribution in [3.8, 4) is 0 Å². The van der Waals surface area contributed by atoms with Gasteiger partial charge in [0.1, 0.15) is 5.60 Å². The van der Waals surface area contributed by atoms with Gasteiger partial charge in [-0.1, -0.05) is 11.6 Å². The number of nitro benzene ring substituents is 1. The van der Waals surface area contributed by atoms with Crippen molar-refractivity contribution >= 4 is 23.4 Å². The van der Waals surface area contributed by atoms with Gasteiger partial charge in [0.15, 0.2) is 0 Å². The van der Waals surface area contributed by atoms with E-state index in [2.05, 4.69) is 0 Å². The molecule has 0 aliphatic carbocycles. The number of likely N-dealkylation sites (tertiary alicyclic amines) is 1. The molecule has 2 rings (SSSR count). The Balaban J connectivity index is 2.06. The van der Waals surface area contributed by atoms with Gasteiger partial charge in [0.25, 0.3) is 5.69 Å². The molecular formula is C16H21ClN2O4. The Hall–Kier alpha value is -1.82. The first-order valence-corrected chi connectivity index (χ1v) is 7.97. The van der Waals surface area contributed by atoms with Crippen LogP contribution in [0.2, 0.25) is 5.02 Å². The number of ether oxygens (including phenoxy) is 1. The van der Waals surface area contributed by atoms with E-state index < -0.39 is 5.60 Å². The van der Waals surface area contributed by atoms with Crippen molar-refractivity contribution < 1.29 is 14.5 Å². The first kappa shape index (κ1) is 17.5. The Morgan fingerprint density at radius 3 is 2.48 bits per heavy atom. The Bertz CT molecular complexity index is 605. The van der Waals surface area contributed by atoms with Gasteiger partial charge >= 0.3 is 6.09 Å². The van der Waals surface area contributed by atoms with Gasteiger partial charge in [-0.2, -0.15) is 0 Å². The molecule has 1 saturated heterocycles. The second kappa shape index (κ2) is 6.74. The highest BCUT2D eigenvalue weighted by Gasteiger charge is 2.30. The quantitative estimate of drug-likeness (QED) is 0.592. The SMILES string of the molecule is CC(C)(C)OC(=O)N1CCC(c2cc(Cl)ccc2[N+](=O)[O-])CC1. The average molecular weight is 341 g/mol. The molecule has 0 unspecified atom stereocenters. The first-order chi connectivity index (χ1) is 10.7. The van der Waals surface area contributed by atoms with Gasteiger partial charge in [-0.05, 0) is 51.7 Å². The van der Waals surface area contributed by atoms with Gasteiger partial charge in [-0.3, -0.25) is 10.1 Å². The standard InChI is InChI=1S/C16H21ClN2O4/c1-16(2,3)23-15(20)18-8-6-11(7-9-18)13-10-12(17)4-5-14(13)19(21)22/h4-5,10-11H,6-9H2,1-3H3. The second-order valence-electron chi connectivity index (χ2n) is 6.70. The highest BCUT2D eigenvalue weighted by Crippen LogP contribution is 2.36. The zero-order valence-corrected chi connectivity index (χ0v) is 14.3. The summed E-state index contributed by atoms with van der Waals surface area (Å²) >= 11 is 5.99. The lowest BCUT2D eigenvalue weighted by Crippen LogP contribution is -2.41. The van der Waals surface area contributed by atoms with E-state index in [4.69, 9.17) is 16.3 Å². The van der Waals surface area contributed by atoms with Crippen molar-refractivity contribution in [1.29, 1.82) is 0 Å². The van der Waals surface area contributed by atoms with Crippen LogP contribution in [-0.2, 0) is 4.74 Å². The molecule has 0 N–H and O–H groups in total. The number of carbonyl (C=O) groups excluding carboxylic acids is 1. The number of rotatable bonds is 2. The van der Waals surface area contributed by atoms with Crippen LogP contribution in [0.25, 0.3) is 0 Å². The number of nitrogens with zero attached hydrogens (tertiary/aromatic N) is 2. The van der Waals surface area contributed by atoms with Crippen LogP contribution in [0.15, 0.2) is 18.2 Å². The smallest absolute Gasteiger partial charge is 0.410 e. The number of hydrogen-bond donors (Lipinski definition) is 0. The molecule has 1 amide bonds. The molecule has 23 heavy (non-hydrogen) atoms. The summed E-state index contributed by atoms with van der Waals surface area (Å²) in [5.74, 6) is 0.0211. The normalized spacial score (nSPS) is 16.3. The molecule has 7 heteroatoms. The molecule has 0 bridgehead atoms. The van der Waals surface area contributed by atoms with Crippen LogP contribution in [0.4, 0.5) is 10.5 Å². The molecule has 0 radical (unpaired) electrons. The third-order valence-corrected chi connectivity index (χ3v) is 4.01. The molecule has 0 atom stereocenters. The van der Waals surface area contributed by atoms with Crippen LogP contribution >= 0.6 is 11.6 Å². The van der Waals surface area contributed by atoms with Gasteiger partial charge in [-0.15, -0.1) is 0 Å². The van der Waals surface area contributed by atoms with Crippen LogP contribution in [0, 0.1) is 10.1 Å². The summed E-state index contributed by atoms with van der Waals surface area (Å²) in [6.07, 6.45) is 0.970. The summed E-state index contributed by atoms with van der Waals surface area (Å²) in [4.78, 5) is 24.5. The number of piperidine rings is 1. The summed E-state index contributed by atoms with van der Waals surface area (Å²) in [7, 11) is 0. The Morgan fingerprint density at radius 1 is 1.35 bits per heavy atom. The lowest BCUT2D eigenvalue weighted by atomic mass is 9.88. The summed E-state index contributed by atoms with van der Waals surface area (Å²) in [6.45, 7) is 6.51. The molecule has 1 fully saturated rings. The number of benzene rings is 1. The van der Waals surface area contributed by atoms with E-state index in [9.17, 15) is 14.9 Å². The minimum atomic E-state index is -0.528. The van der Waals surface area contributed by atoms with Crippen LogP contribution < -0.4 is 0 Å². The van der Waals surface area contributed by atoms with E-state index in [0.29, 0.717) is 36.5 Å². The summed E-state index contributed by atoms with van der Waals surface area (Å²) in [5, 5.41) is 11.7. The largest absolute Gasteiger partial charge is 0.444 e. The summed E-state index contributed by atoms with van der Waals surface area (Å²) < 4.78 is 5.36. The minimum absolute atomic E-state index is 0.0211. The second-order valence-corrected chi connectivity index (χ2v) is 7.14. The minimum Gasteiger partial charge on any atom is -0.444 e. The van der Waals surface area contributed by atoms with Gasteiger partial charge < -0.3 is 9.64 Å². The predicted molar refractivity (Wildman–Crippen MR) is 87.9 cm³/mol. The molecule has 1 aliphatic heterocycles. The third kappa shape index (κ3) is 4.58. The highest BCUT2D eigenvalue weighted by molar-refractivity contribution is 6.30. The van der Waals surface area contributed by atoms with Gasteiger partial charge in [0.05, 0.1) is 4.92 Å². The van der Waals surface area contributed by atoms with Crippen LogP contribution in [-0.4, -0.2) is 34.6 Å². The topological polar surface area (TPSA) is 72.7 Å². The van der Waals surface area contributed by atoms with Crippen molar-refractivity contribution in [2.75, 3.05) is 13.1 Å². The molecule has 1 aliphatic rings. The van der Waals surface area contributed by atoms with E-state index in [0.717, 1.165) is 0 Å². The Labute approximate surface area is 140 Å². The van der Waals surface area contributed by atoms with Gasteiger partial charge in [0.2, 0.25) is 0 Å². The zero-order chi connectivity index (χ0) is 17.2. The lowest BCUT2D eigenvalue weighted by Gasteiger charge is -2.33. The number of hydrogen-bond acceptors (Lipinski definition) is 4. The van der Waals surface area contributed by atoms with Crippen molar-refractivity contribution in [2.45, 2.75) is 45.1 Å². The number of carbonyl (C=O) groups is 1. The van der Waals surface area contributed by atoms with Gasteiger partial charge in [-0.25, -0.2) is 4.79 Å². The first-order valence-electron chi connectivity index (χ1n) is 7.59. The predicted octanol–water partition coefficient (Wildman–Crippen LogP) is 4.36. The van der Waals surface area contributed by atoms with Crippen LogP contribution in [0.3, 0.4) is 0 Å². The Morgan fingerprint density at radius 2 is 1.96 bits per heavy atom. The number of amides is 1.